The van der Waals surface area contributed by atoms with Crippen molar-refractivity contribution in [3.05, 3.63) is 155 Å². The van der Waals surface area contributed by atoms with Crippen LogP contribution in [0.5, 0.6) is 0 Å². The highest BCUT2D eigenvalue weighted by molar-refractivity contribution is 7.90. The lowest BCUT2D eigenvalue weighted by Crippen LogP contribution is -2.35. The van der Waals surface area contributed by atoms with Gasteiger partial charge in [-0.3, -0.25) is 0 Å². The largest absolute Gasteiger partial charge is 0.328 e. The second-order valence-electron chi connectivity index (χ2n) is 16.8. The molecule has 10 rings (SSSR count). The molecule has 4 heterocycles. The van der Waals surface area contributed by atoms with E-state index < -0.39 is 20.0 Å². The molecular weight excluding hydrogens is 961 g/mol. The first-order valence-corrected chi connectivity index (χ1v) is 26.0. The first-order valence-electron chi connectivity index (χ1n) is 22.0. The molecule has 13 nitrogen and oxygen atoms in total. The molecule has 4 aromatic carbocycles. The maximum atomic E-state index is 13.4. The summed E-state index contributed by atoms with van der Waals surface area (Å²) < 4.78 is 55.6. The Labute approximate surface area is 412 Å². The Bertz CT molecular complexity index is 3220. The molecule has 0 saturated heterocycles. The third-order valence-corrected chi connectivity index (χ3v) is 16.1. The summed E-state index contributed by atoms with van der Waals surface area (Å²) in [5.41, 5.74) is 20.7. The Morgan fingerprint density at radius 2 is 0.971 bits per heavy atom. The van der Waals surface area contributed by atoms with Crippen LogP contribution in [0.4, 0.5) is 0 Å². The predicted octanol–water partition coefficient (Wildman–Crippen LogP) is 10.5. The molecule has 2 saturated carbocycles. The fraction of sp³-hybridized carbons (Fsp3) is 0.280. The third kappa shape index (κ3) is 11.3. The van der Waals surface area contributed by atoms with Crippen molar-refractivity contribution in [2.24, 2.45) is 23.1 Å². The van der Waals surface area contributed by atoms with Gasteiger partial charge < -0.3 is 17.2 Å². The van der Waals surface area contributed by atoms with E-state index in [4.69, 9.17) is 57.0 Å². The number of hydrogen-bond acceptors (Lipinski definition) is 11. The minimum atomic E-state index is -3.79. The summed E-state index contributed by atoms with van der Waals surface area (Å²) in [6, 6.07) is 32.2. The summed E-state index contributed by atoms with van der Waals surface area (Å²) in [5.74, 6) is 1.15. The van der Waals surface area contributed by atoms with Gasteiger partial charge in [0.1, 0.15) is 5.82 Å². The molecule has 68 heavy (non-hydrogen) atoms. The normalized spacial score (nSPS) is 18.4. The van der Waals surface area contributed by atoms with Crippen molar-refractivity contribution in [2.75, 3.05) is 0 Å². The average molecular weight is 1020 g/mol. The van der Waals surface area contributed by atoms with Crippen molar-refractivity contribution in [3.8, 4) is 22.5 Å². The van der Waals surface area contributed by atoms with Crippen molar-refractivity contribution in [1.82, 2.24) is 27.9 Å². The van der Waals surface area contributed by atoms with Gasteiger partial charge >= 0.3 is 0 Å². The summed E-state index contributed by atoms with van der Waals surface area (Å²) in [4.78, 5) is 17.7. The van der Waals surface area contributed by atoms with Crippen LogP contribution in [0.1, 0.15) is 64.6 Å². The molecule has 0 bridgehead atoms. The number of nitrogens with two attached hydrogens (primary N) is 3. The number of nitrogens with zero attached hydrogens (tertiary/aromatic N) is 6. The molecule has 2 aliphatic carbocycles. The van der Waals surface area contributed by atoms with Crippen LogP contribution in [0.25, 0.3) is 44.3 Å². The van der Waals surface area contributed by atoms with Crippen LogP contribution >= 0.6 is 34.8 Å². The highest BCUT2D eigenvalue weighted by Gasteiger charge is 2.26. The second kappa shape index (κ2) is 22.0. The Balaban J connectivity index is 0.000000174. The molecule has 0 spiro atoms. The van der Waals surface area contributed by atoms with Crippen LogP contribution in [0.2, 0.25) is 15.3 Å². The number of aromatic nitrogens is 6. The molecule has 356 valence electrons. The zero-order valence-electron chi connectivity index (χ0n) is 36.4. The van der Waals surface area contributed by atoms with E-state index in [2.05, 4.69) is 15.0 Å². The van der Waals surface area contributed by atoms with Crippen molar-refractivity contribution in [3.63, 3.8) is 0 Å². The number of halogens is 3. The van der Waals surface area contributed by atoms with Gasteiger partial charge in [0.2, 0.25) is 5.28 Å². The van der Waals surface area contributed by atoms with Crippen LogP contribution in [0.3, 0.4) is 0 Å². The Morgan fingerprint density at radius 3 is 1.44 bits per heavy atom. The summed E-state index contributed by atoms with van der Waals surface area (Å²) in [7, 11) is -7.57. The molecular formula is C50H54Cl3N9O4S2. The monoisotopic (exact) mass is 1010 g/mol. The third-order valence-electron chi connectivity index (χ3n) is 12.0. The second-order valence-corrected chi connectivity index (χ2v) is 21.6. The van der Waals surface area contributed by atoms with E-state index in [1.165, 1.54) is 39.6 Å². The fourth-order valence-corrected chi connectivity index (χ4v) is 12.1. The van der Waals surface area contributed by atoms with Gasteiger partial charge in [0.05, 0.1) is 48.5 Å². The van der Waals surface area contributed by atoms with Gasteiger partial charge in [-0.2, -0.15) is 0 Å². The molecule has 2 fully saturated rings. The lowest BCUT2D eigenvalue weighted by molar-refractivity contribution is 0.317. The van der Waals surface area contributed by atoms with Crippen molar-refractivity contribution in [1.29, 1.82) is 0 Å². The van der Waals surface area contributed by atoms with E-state index in [0.29, 0.717) is 67.8 Å². The summed E-state index contributed by atoms with van der Waals surface area (Å²) in [6.45, 7) is 0. The molecule has 4 atom stereocenters. The van der Waals surface area contributed by atoms with E-state index in [1.54, 1.807) is 91.3 Å². The molecule has 18 heteroatoms. The van der Waals surface area contributed by atoms with Crippen LogP contribution in [-0.4, -0.2) is 62.8 Å². The minimum absolute atomic E-state index is 0. The maximum Gasteiger partial charge on any atom is 0.268 e. The number of rotatable bonds is 8. The van der Waals surface area contributed by atoms with E-state index in [-0.39, 0.29) is 33.6 Å². The Hall–Kier alpha value is -5.23. The number of para-hydroxylation sites is 2. The number of fused-ring (bicyclic) bond motifs is 2. The van der Waals surface area contributed by atoms with Gasteiger partial charge in [0.15, 0.2) is 0 Å². The van der Waals surface area contributed by atoms with Gasteiger partial charge in [-0.15, -0.1) is 0 Å². The van der Waals surface area contributed by atoms with Crippen molar-refractivity contribution in [2.45, 2.75) is 93.1 Å². The summed E-state index contributed by atoms with van der Waals surface area (Å²) in [5, 5.41) is 2.17. The predicted molar refractivity (Wildman–Crippen MR) is 274 cm³/mol. The molecule has 4 aromatic heterocycles. The van der Waals surface area contributed by atoms with Gasteiger partial charge in [0.25, 0.3) is 20.0 Å². The van der Waals surface area contributed by atoms with Crippen LogP contribution in [0.15, 0.2) is 144 Å². The molecule has 8 aromatic rings. The molecule has 0 radical (unpaired) electrons. The Kier molecular flexibility index (Phi) is 16.4. The molecule has 2 aliphatic rings. The van der Waals surface area contributed by atoms with Crippen LogP contribution < -0.4 is 17.2 Å². The lowest BCUT2D eigenvalue weighted by atomic mass is 9.84. The highest BCUT2D eigenvalue weighted by Crippen LogP contribution is 2.37. The summed E-state index contributed by atoms with van der Waals surface area (Å²) in [6.07, 6.45) is 15.7. The molecule has 4 unspecified atom stereocenters. The van der Waals surface area contributed by atoms with Crippen molar-refractivity contribution >= 4 is 76.7 Å². The SMILES string of the molecule is C.NC1CCCC(Cc2ncc(Cl)c(-c3cn(S(=O)(=O)c4ccccc4)c4ccccc34)n2)C1.NC1CCCC(N)C1.O=S(=O)(c1ccccc1)n1cc(-c2nc(Cl)ncc2Cl)c2ccccc21. The van der Waals surface area contributed by atoms with E-state index in [1.807, 2.05) is 30.3 Å². The Morgan fingerprint density at radius 1 is 0.544 bits per heavy atom. The maximum absolute atomic E-state index is 13.4. The highest BCUT2D eigenvalue weighted by atomic mass is 35.5. The zero-order valence-corrected chi connectivity index (χ0v) is 40.3. The van der Waals surface area contributed by atoms with Crippen molar-refractivity contribution < 1.29 is 16.8 Å². The zero-order chi connectivity index (χ0) is 47.3. The molecule has 0 amide bonds. The van der Waals surface area contributed by atoms with Gasteiger partial charge in [-0.25, -0.2) is 44.7 Å². The molecule has 0 aliphatic heterocycles. The van der Waals surface area contributed by atoms with E-state index in [0.717, 1.165) is 43.9 Å². The summed E-state index contributed by atoms with van der Waals surface area (Å²) >= 11 is 18.7. The lowest BCUT2D eigenvalue weighted by Gasteiger charge is -2.26. The molecule has 6 N–H and O–H groups in total. The average Bonchev–Trinajstić information content (AvgIpc) is 3.92. The van der Waals surface area contributed by atoms with Crippen LogP contribution in [-0.2, 0) is 26.5 Å². The number of benzene rings is 4. The van der Waals surface area contributed by atoms with E-state index >= 15 is 0 Å². The topological polar surface area (TPSA) is 208 Å². The minimum Gasteiger partial charge on any atom is -0.328 e. The standard InChI is InChI=1S/C25H25ClN4O2S.C18H11Cl2N3O2S.C6H14N2.CH4/c26-22-15-28-24(14-17-7-6-8-18(27)13-17)29-25(22)21-16-30(23-12-5-4-11-20(21)23)33(31,32)19-9-2-1-3-10-19;19-15-10-21-18(20)22-17(15)14-11-23(16-9-5-4-8-13(14)16)26(24,25)12-6-2-1-3-7-12;7-5-2-1-3-6(8)4-5;/h1-5,9-12,15-18H,6-8,13-14,27H2;1-11H;5-6H,1-4,7-8H2;1H4. The first kappa shape index (κ1) is 50.6. The fourth-order valence-electron chi connectivity index (χ4n) is 8.76. The van der Waals surface area contributed by atoms with Gasteiger partial charge in [0, 0.05) is 65.0 Å². The number of hydrogen-bond donors (Lipinski definition) is 3. The first-order chi connectivity index (χ1) is 32.2. The van der Waals surface area contributed by atoms with E-state index in [9.17, 15) is 16.8 Å². The quantitative estimate of drug-likeness (QED) is 0.122. The van der Waals surface area contributed by atoms with Gasteiger partial charge in [-0.1, -0.05) is 116 Å². The van der Waals surface area contributed by atoms with Crippen LogP contribution in [0, 0.1) is 5.92 Å². The van der Waals surface area contributed by atoms with Gasteiger partial charge in [-0.05, 0) is 92.4 Å². The smallest absolute Gasteiger partial charge is 0.268 e.